The largest absolute Gasteiger partial charge is 0.383 e. The molecule has 0 heterocycles. The number of nitrogens with zero attached hydrogens (tertiary/aromatic N) is 1. The number of methoxy groups -OCH3 is 1. The van der Waals surface area contributed by atoms with Gasteiger partial charge >= 0.3 is 0 Å². The Labute approximate surface area is 103 Å². The topological polar surface area (TPSA) is 45.0 Å². The zero-order chi connectivity index (χ0) is 12.7. The predicted octanol–water partition coefficient (Wildman–Crippen LogP) is 2.84. The van der Waals surface area contributed by atoms with E-state index in [0.29, 0.717) is 25.0 Å². The SMILES string of the molecule is COCC(Nc1ccc(CC#N)cc1)C(C)C. The highest BCUT2D eigenvalue weighted by Gasteiger charge is 2.12. The van der Waals surface area contributed by atoms with Crippen molar-refractivity contribution in [3.63, 3.8) is 0 Å². The van der Waals surface area contributed by atoms with E-state index in [4.69, 9.17) is 10.00 Å². The fourth-order valence-corrected chi connectivity index (χ4v) is 1.60. The summed E-state index contributed by atoms with van der Waals surface area (Å²) in [5.41, 5.74) is 2.12. The van der Waals surface area contributed by atoms with Gasteiger partial charge in [0.1, 0.15) is 0 Å². The van der Waals surface area contributed by atoms with E-state index in [1.165, 1.54) is 0 Å². The first-order chi connectivity index (χ1) is 8.17. The van der Waals surface area contributed by atoms with Gasteiger partial charge in [0.25, 0.3) is 0 Å². The maximum atomic E-state index is 8.60. The van der Waals surface area contributed by atoms with Crippen LogP contribution < -0.4 is 5.32 Å². The van der Waals surface area contributed by atoms with Crippen molar-refractivity contribution in [3.05, 3.63) is 29.8 Å². The molecule has 1 aromatic rings. The van der Waals surface area contributed by atoms with Crippen LogP contribution in [0.1, 0.15) is 19.4 Å². The minimum Gasteiger partial charge on any atom is -0.383 e. The number of nitrogens with one attached hydrogen (secondary N) is 1. The molecule has 0 saturated heterocycles. The maximum absolute atomic E-state index is 8.60. The number of benzene rings is 1. The number of ether oxygens (including phenoxy) is 1. The zero-order valence-electron chi connectivity index (χ0n) is 10.7. The van der Waals surface area contributed by atoms with Gasteiger partial charge in [0.15, 0.2) is 0 Å². The van der Waals surface area contributed by atoms with Crippen LogP contribution >= 0.6 is 0 Å². The van der Waals surface area contributed by atoms with Crippen LogP contribution in [0, 0.1) is 17.2 Å². The van der Waals surface area contributed by atoms with E-state index in [1.54, 1.807) is 7.11 Å². The minimum absolute atomic E-state index is 0.307. The summed E-state index contributed by atoms with van der Waals surface area (Å²) in [4.78, 5) is 0. The lowest BCUT2D eigenvalue weighted by molar-refractivity contribution is 0.171. The van der Waals surface area contributed by atoms with Crippen LogP contribution in [0.2, 0.25) is 0 Å². The first kappa shape index (κ1) is 13.5. The average molecular weight is 232 g/mol. The molecule has 3 heteroatoms. The third-order valence-corrected chi connectivity index (χ3v) is 2.74. The van der Waals surface area contributed by atoms with Crippen molar-refractivity contribution < 1.29 is 4.74 Å². The standard InChI is InChI=1S/C14H20N2O/c1-11(2)14(10-17-3)16-13-6-4-12(5-7-13)8-9-15/h4-7,11,14,16H,8,10H2,1-3H3. The molecule has 0 radical (unpaired) electrons. The molecule has 0 aliphatic carbocycles. The number of rotatable bonds is 6. The van der Waals surface area contributed by atoms with Gasteiger partial charge in [-0.1, -0.05) is 26.0 Å². The third-order valence-electron chi connectivity index (χ3n) is 2.74. The molecule has 17 heavy (non-hydrogen) atoms. The summed E-state index contributed by atoms with van der Waals surface area (Å²) in [6.07, 6.45) is 0.464. The summed E-state index contributed by atoms with van der Waals surface area (Å²) >= 11 is 0. The highest BCUT2D eigenvalue weighted by atomic mass is 16.5. The molecule has 1 atom stereocenters. The molecule has 0 aromatic heterocycles. The Hall–Kier alpha value is -1.53. The van der Waals surface area contributed by atoms with E-state index in [-0.39, 0.29) is 0 Å². The Kier molecular flexibility index (Phi) is 5.51. The lowest BCUT2D eigenvalue weighted by atomic mass is 10.0. The summed E-state index contributed by atoms with van der Waals surface area (Å²) in [5, 5.41) is 12.0. The van der Waals surface area contributed by atoms with Crippen molar-refractivity contribution in [2.75, 3.05) is 19.0 Å². The summed E-state index contributed by atoms with van der Waals surface area (Å²) in [6, 6.07) is 10.4. The summed E-state index contributed by atoms with van der Waals surface area (Å²) < 4.78 is 5.19. The Morgan fingerprint density at radius 1 is 1.29 bits per heavy atom. The fraction of sp³-hybridized carbons (Fsp3) is 0.500. The Bertz CT molecular complexity index is 365. The molecule has 1 aromatic carbocycles. The maximum Gasteiger partial charge on any atom is 0.0669 e. The fourth-order valence-electron chi connectivity index (χ4n) is 1.60. The van der Waals surface area contributed by atoms with Crippen LogP contribution in [0.15, 0.2) is 24.3 Å². The van der Waals surface area contributed by atoms with Crippen molar-refractivity contribution in [1.29, 1.82) is 5.26 Å². The second kappa shape index (κ2) is 6.93. The molecule has 0 fully saturated rings. The van der Waals surface area contributed by atoms with Crippen LogP contribution in [-0.2, 0) is 11.2 Å². The summed E-state index contributed by atoms with van der Waals surface area (Å²) in [6.45, 7) is 5.03. The van der Waals surface area contributed by atoms with Crippen LogP contribution in [0.4, 0.5) is 5.69 Å². The Morgan fingerprint density at radius 3 is 2.41 bits per heavy atom. The van der Waals surface area contributed by atoms with E-state index >= 15 is 0 Å². The molecule has 0 aliphatic heterocycles. The van der Waals surface area contributed by atoms with E-state index < -0.39 is 0 Å². The second-order valence-corrected chi connectivity index (χ2v) is 4.48. The molecule has 0 saturated carbocycles. The first-order valence-electron chi connectivity index (χ1n) is 5.88. The van der Waals surface area contributed by atoms with Gasteiger partial charge in [-0.25, -0.2) is 0 Å². The minimum atomic E-state index is 0.307. The van der Waals surface area contributed by atoms with Crippen LogP contribution in [-0.4, -0.2) is 19.8 Å². The van der Waals surface area contributed by atoms with E-state index in [0.717, 1.165) is 11.3 Å². The van der Waals surface area contributed by atoms with Gasteiger partial charge in [-0.15, -0.1) is 0 Å². The van der Waals surface area contributed by atoms with Crippen molar-refractivity contribution in [3.8, 4) is 6.07 Å². The number of hydrogen-bond donors (Lipinski definition) is 1. The first-order valence-corrected chi connectivity index (χ1v) is 5.88. The van der Waals surface area contributed by atoms with E-state index in [9.17, 15) is 0 Å². The van der Waals surface area contributed by atoms with Crippen molar-refractivity contribution in [2.45, 2.75) is 26.3 Å². The average Bonchev–Trinajstić information content (AvgIpc) is 2.31. The molecular formula is C14H20N2O. The quantitative estimate of drug-likeness (QED) is 0.820. The monoisotopic (exact) mass is 232 g/mol. The predicted molar refractivity (Wildman–Crippen MR) is 69.9 cm³/mol. The van der Waals surface area contributed by atoms with Gasteiger partial charge in [-0.3, -0.25) is 0 Å². The molecule has 0 amide bonds. The lowest BCUT2D eigenvalue weighted by Crippen LogP contribution is -2.30. The number of anilines is 1. The highest BCUT2D eigenvalue weighted by Crippen LogP contribution is 2.14. The zero-order valence-corrected chi connectivity index (χ0v) is 10.7. The van der Waals surface area contributed by atoms with Crippen molar-refractivity contribution >= 4 is 5.69 Å². The van der Waals surface area contributed by atoms with Gasteiger partial charge in [0.05, 0.1) is 25.1 Å². The van der Waals surface area contributed by atoms with E-state index in [2.05, 4.69) is 25.2 Å². The molecule has 0 spiro atoms. The molecule has 1 unspecified atom stereocenters. The molecule has 0 aliphatic rings. The van der Waals surface area contributed by atoms with E-state index in [1.807, 2.05) is 24.3 Å². The third kappa shape index (κ3) is 4.46. The van der Waals surface area contributed by atoms with Gasteiger partial charge in [0.2, 0.25) is 0 Å². The molecule has 0 bridgehead atoms. The summed E-state index contributed by atoms with van der Waals surface area (Å²) in [7, 11) is 1.72. The summed E-state index contributed by atoms with van der Waals surface area (Å²) in [5.74, 6) is 0.508. The lowest BCUT2D eigenvalue weighted by Gasteiger charge is -2.22. The van der Waals surface area contributed by atoms with Crippen molar-refractivity contribution in [1.82, 2.24) is 0 Å². The Morgan fingerprint density at radius 2 is 1.94 bits per heavy atom. The Balaban J connectivity index is 2.63. The van der Waals surface area contributed by atoms with Crippen LogP contribution in [0.25, 0.3) is 0 Å². The van der Waals surface area contributed by atoms with Crippen molar-refractivity contribution in [2.24, 2.45) is 5.92 Å². The van der Waals surface area contributed by atoms with Crippen LogP contribution in [0.3, 0.4) is 0 Å². The second-order valence-electron chi connectivity index (χ2n) is 4.48. The van der Waals surface area contributed by atoms with Gasteiger partial charge in [0, 0.05) is 12.8 Å². The van der Waals surface area contributed by atoms with Crippen LogP contribution in [0.5, 0.6) is 0 Å². The number of nitriles is 1. The number of hydrogen-bond acceptors (Lipinski definition) is 3. The molecule has 1 rings (SSSR count). The van der Waals surface area contributed by atoms with Gasteiger partial charge < -0.3 is 10.1 Å². The normalized spacial score (nSPS) is 12.2. The molecule has 1 N–H and O–H groups in total. The van der Waals surface area contributed by atoms with Gasteiger partial charge in [-0.05, 0) is 23.6 Å². The molecule has 3 nitrogen and oxygen atoms in total. The highest BCUT2D eigenvalue weighted by molar-refractivity contribution is 5.46. The molecule has 92 valence electrons. The molecular weight excluding hydrogens is 212 g/mol. The smallest absolute Gasteiger partial charge is 0.0669 e. The van der Waals surface area contributed by atoms with Gasteiger partial charge in [-0.2, -0.15) is 5.26 Å².